The molecule has 1 saturated heterocycles. The van der Waals surface area contributed by atoms with Crippen LogP contribution in [-0.2, 0) is 25.5 Å². The number of amides is 3. The van der Waals surface area contributed by atoms with Gasteiger partial charge in [-0.15, -0.1) is 0 Å². The summed E-state index contributed by atoms with van der Waals surface area (Å²) in [6, 6.07) is 8.44. The number of carbonyl (C=O) groups is 3. The first-order valence-corrected chi connectivity index (χ1v) is 11.8. The van der Waals surface area contributed by atoms with Crippen LogP contribution in [0, 0.1) is 11.3 Å². The third-order valence-electron chi connectivity index (χ3n) is 6.21. The minimum Gasteiger partial charge on any atom is -0.376 e. The van der Waals surface area contributed by atoms with E-state index in [1.165, 1.54) is 0 Å². The minimum atomic E-state index is -0.765. The summed E-state index contributed by atoms with van der Waals surface area (Å²) in [5.74, 6) is -1.29. The molecule has 1 aromatic carbocycles. The highest BCUT2D eigenvalue weighted by Gasteiger charge is 2.37. The Morgan fingerprint density at radius 3 is 2.52 bits per heavy atom. The molecule has 1 fully saturated rings. The van der Waals surface area contributed by atoms with E-state index in [2.05, 4.69) is 10.6 Å². The van der Waals surface area contributed by atoms with E-state index in [9.17, 15) is 19.6 Å². The normalized spacial score (nSPS) is 18.8. The van der Waals surface area contributed by atoms with Gasteiger partial charge in [0, 0.05) is 13.2 Å². The molecule has 0 radical (unpaired) electrons. The van der Waals surface area contributed by atoms with E-state index in [1.807, 2.05) is 51.1 Å². The topological polar surface area (TPSA) is 108 Å². The van der Waals surface area contributed by atoms with E-state index in [1.54, 1.807) is 6.92 Å². The number of nitrogens with one attached hydrogen (secondary N) is 2. The highest BCUT2D eigenvalue weighted by atomic mass is 16.5. The molecule has 0 aromatic heterocycles. The smallest absolute Gasteiger partial charge is 0.243 e. The molecule has 8 nitrogen and oxygen atoms in total. The zero-order valence-corrected chi connectivity index (χ0v) is 20.3. The van der Waals surface area contributed by atoms with Crippen molar-refractivity contribution in [2.75, 3.05) is 13.2 Å². The first-order chi connectivity index (χ1) is 15.6. The molecule has 0 aliphatic carbocycles. The second-order valence-corrected chi connectivity index (χ2v) is 9.90. The fraction of sp³-hybridized carbons (Fsp3) is 0.640. The number of ether oxygens (including phenoxy) is 1. The zero-order chi connectivity index (χ0) is 24.4. The van der Waals surface area contributed by atoms with Crippen molar-refractivity contribution in [3.63, 3.8) is 0 Å². The molecule has 1 aliphatic heterocycles. The van der Waals surface area contributed by atoms with Crippen LogP contribution in [0.25, 0.3) is 0 Å². The summed E-state index contributed by atoms with van der Waals surface area (Å²) in [7, 11) is 0. The maximum atomic E-state index is 13.3. The summed E-state index contributed by atoms with van der Waals surface area (Å²) in [5.41, 5.74) is 0.624. The number of nitrogens with zero attached hydrogens (tertiary/aromatic N) is 1. The molecule has 0 bridgehead atoms. The van der Waals surface area contributed by atoms with Gasteiger partial charge in [-0.1, -0.05) is 51.1 Å². The van der Waals surface area contributed by atoms with Gasteiger partial charge in [0.15, 0.2) is 0 Å². The van der Waals surface area contributed by atoms with Crippen molar-refractivity contribution >= 4 is 18.2 Å². The molecule has 33 heavy (non-hydrogen) atoms. The number of benzene rings is 1. The number of hydrogen-bond donors (Lipinski definition) is 3. The van der Waals surface area contributed by atoms with Gasteiger partial charge in [0.1, 0.15) is 6.04 Å². The lowest BCUT2D eigenvalue weighted by atomic mass is 9.84. The molecular formula is C25H39N3O5. The van der Waals surface area contributed by atoms with Gasteiger partial charge in [0.25, 0.3) is 0 Å². The van der Waals surface area contributed by atoms with Gasteiger partial charge >= 0.3 is 0 Å². The van der Waals surface area contributed by atoms with Crippen LogP contribution in [0.1, 0.15) is 58.9 Å². The highest BCUT2D eigenvalue weighted by molar-refractivity contribution is 5.89. The number of hydroxylamine groups is 2. The van der Waals surface area contributed by atoms with E-state index in [0.29, 0.717) is 37.5 Å². The molecule has 4 unspecified atom stereocenters. The Morgan fingerprint density at radius 1 is 1.24 bits per heavy atom. The van der Waals surface area contributed by atoms with Gasteiger partial charge in [-0.3, -0.25) is 19.6 Å². The lowest BCUT2D eigenvalue weighted by molar-refractivity contribution is -0.166. The van der Waals surface area contributed by atoms with Gasteiger partial charge < -0.3 is 15.4 Å². The molecule has 0 spiro atoms. The summed E-state index contributed by atoms with van der Waals surface area (Å²) in [5, 5.41) is 16.3. The molecule has 3 amide bonds. The van der Waals surface area contributed by atoms with Crippen LogP contribution in [0.15, 0.2) is 30.3 Å². The Hall–Kier alpha value is -2.45. The highest BCUT2D eigenvalue weighted by Crippen LogP contribution is 2.23. The first kappa shape index (κ1) is 26.8. The van der Waals surface area contributed by atoms with Crippen molar-refractivity contribution in [2.45, 2.75) is 78.0 Å². The monoisotopic (exact) mass is 461 g/mol. The summed E-state index contributed by atoms with van der Waals surface area (Å²) in [4.78, 5) is 37.4. The van der Waals surface area contributed by atoms with Gasteiger partial charge in [0.05, 0.1) is 18.1 Å². The predicted molar refractivity (Wildman–Crippen MR) is 125 cm³/mol. The summed E-state index contributed by atoms with van der Waals surface area (Å²) in [6.07, 6.45) is 4.13. The van der Waals surface area contributed by atoms with E-state index >= 15 is 0 Å². The minimum absolute atomic E-state index is 0.00608. The summed E-state index contributed by atoms with van der Waals surface area (Å²) < 4.78 is 5.57. The molecule has 1 aromatic rings. The van der Waals surface area contributed by atoms with Crippen molar-refractivity contribution in [1.82, 2.24) is 15.7 Å². The van der Waals surface area contributed by atoms with Crippen LogP contribution in [0.4, 0.5) is 0 Å². The predicted octanol–water partition coefficient (Wildman–Crippen LogP) is 2.69. The molecule has 1 heterocycles. The van der Waals surface area contributed by atoms with Crippen LogP contribution in [-0.4, -0.2) is 59.8 Å². The Bertz CT molecular complexity index is 759. The average molecular weight is 462 g/mol. The third kappa shape index (κ3) is 8.44. The lowest BCUT2D eigenvalue weighted by Gasteiger charge is -2.34. The molecular weight excluding hydrogens is 422 g/mol. The van der Waals surface area contributed by atoms with Crippen molar-refractivity contribution in [1.29, 1.82) is 0 Å². The molecule has 1 aliphatic rings. The Kier molecular flexibility index (Phi) is 10.3. The van der Waals surface area contributed by atoms with Crippen molar-refractivity contribution in [2.24, 2.45) is 11.3 Å². The largest absolute Gasteiger partial charge is 0.376 e. The molecule has 0 saturated carbocycles. The average Bonchev–Trinajstić information content (AvgIpc) is 3.31. The van der Waals surface area contributed by atoms with Crippen molar-refractivity contribution in [3.8, 4) is 0 Å². The molecule has 2 rings (SSSR count). The number of aryl methyl sites for hydroxylation is 1. The van der Waals surface area contributed by atoms with Crippen LogP contribution in [0.2, 0.25) is 0 Å². The maximum Gasteiger partial charge on any atom is 0.243 e. The zero-order valence-electron chi connectivity index (χ0n) is 20.3. The Balaban J connectivity index is 2.06. The number of hydrogen-bond acceptors (Lipinski definition) is 5. The standard InChI is InChI=1S/C25H39N3O5/c1-18(28(32)17-29)21(14-8-12-19-10-6-5-7-11-19)23(30)27-22(25(2,3)4)24(31)26-16-20-13-9-15-33-20/h5-7,10-11,17-18,20-22,32H,8-9,12-16H2,1-4H3,(H,26,31)(H,27,30). The van der Waals surface area contributed by atoms with Gasteiger partial charge in [-0.05, 0) is 50.0 Å². The molecule has 184 valence electrons. The Labute approximate surface area is 197 Å². The fourth-order valence-electron chi connectivity index (χ4n) is 4.09. The molecule has 4 atom stereocenters. The number of rotatable bonds is 12. The quantitative estimate of drug-likeness (QED) is 0.252. The Morgan fingerprint density at radius 2 is 1.94 bits per heavy atom. The van der Waals surface area contributed by atoms with E-state index in [-0.39, 0.29) is 17.9 Å². The van der Waals surface area contributed by atoms with Crippen LogP contribution < -0.4 is 10.6 Å². The van der Waals surface area contributed by atoms with Gasteiger partial charge in [-0.25, -0.2) is 5.06 Å². The summed E-state index contributed by atoms with van der Waals surface area (Å²) >= 11 is 0. The van der Waals surface area contributed by atoms with E-state index in [0.717, 1.165) is 24.8 Å². The van der Waals surface area contributed by atoms with Gasteiger partial charge in [-0.2, -0.15) is 0 Å². The van der Waals surface area contributed by atoms with Crippen molar-refractivity contribution in [3.05, 3.63) is 35.9 Å². The molecule has 3 N–H and O–H groups in total. The lowest BCUT2D eigenvalue weighted by Crippen LogP contribution is -2.57. The van der Waals surface area contributed by atoms with E-state index in [4.69, 9.17) is 4.74 Å². The SMILES string of the molecule is CC(C(CCCc1ccccc1)C(=O)NC(C(=O)NCC1CCCO1)C(C)(C)C)N(O)C=O. The second-order valence-electron chi connectivity index (χ2n) is 9.90. The maximum absolute atomic E-state index is 13.3. The van der Waals surface area contributed by atoms with Crippen LogP contribution >= 0.6 is 0 Å². The summed E-state index contributed by atoms with van der Waals surface area (Å²) in [6.45, 7) is 8.42. The molecule has 8 heteroatoms. The first-order valence-electron chi connectivity index (χ1n) is 11.8. The third-order valence-corrected chi connectivity index (χ3v) is 6.21. The van der Waals surface area contributed by atoms with E-state index < -0.39 is 23.4 Å². The second kappa shape index (κ2) is 12.7. The van der Waals surface area contributed by atoms with Gasteiger partial charge in [0.2, 0.25) is 18.2 Å². The van der Waals surface area contributed by atoms with Crippen LogP contribution in [0.3, 0.4) is 0 Å². The van der Waals surface area contributed by atoms with Crippen molar-refractivity contribution < 1.29 is 24.3 Å². The fourth-order valence-corrected chi connectivity index (χ4v) is 4.09. The number of carbonyl (C=O) groups excluding carboxylic acids is 3. The van der Waals surface area contributed by atoms with Crippen LogP contribution in [0.5, 0.6) is 0 Å².